The summed E-state index contributed by atoms with van der Waals surface area (Å²) in [7, 11) is 1.91. The van der Waals surface area contributed by atoms with E-state index < -0.39 is 0 Å². The van der Waals surface area contributed by atoms with E-state index in [0.29, 0.717) is 19.0 Å². The predicted octanol–water partition coefficient (Wildman–Crippen LogP) is 2.68. The molecule has 0 bridgehead atoms. The fraction of sp³-hybridized carbons (Fsp3) is 0.450. The first kappa shape index (κ1) is 16.4. The van der Waals surface area contributed by atoms with Crippen molar-refractivity contribution in [3.05, 3.63) is 30.9 Å². The van der Waals surface area contributed by atoms with Crippen molar-refractivity contribution in [3.63, 3.8) is 0 Å². The number of hydrogen-bond acceptors (Lipinski definition) is 4. The molecule has 1 saturated carbocycles. The van der Waals surface area contributed by atoms with Gasteiger partial charge in [-0.3, -0.25) is 9.48 Å². The molecule has 0 radical (unpaired) electrons. The average molecular weight is 365 g/mol. The summed E-state index contributed by atoms with van der Waals surface area (Å²) in [6.07, 6.45) is 8.61. The Morgan fingerprint density at radius 2 is 2.15 bits per heavy atom. The molecule has 2 atom stereocenters. The number of carbonyl (C=O) groups excluding carboxylic acids is 1. The number of rotatable bonds is 5. The van der Waals surface area contributed by atoms with Crippen LogP contribution in [0.2, 0.25) is 0 Å². The largest absolute Gasteiger partial charge is 0.488 e. The van der Waals surface area contributed by atoms with Gasteiger partial charge in [-0.2, -0.15) is 5.10 Å². The van der Waals surface area contributed by atoms with Crippen molar-refractivity contribution in [1.29, 1.82) is 0 Å². The maximum atomic E-state index is 11.6. The standard InChI is InChI=1S/C20H23N5O2/c1-12(14-7-19(26)21-8-14)27-18-6-13(15-9-23-24(2)10-15)5-17-20(18)25(11-22-17)16-3-4-16/h5-6,9-12,14,16H,3-4,7-8H2,1-2H3,(H,21,26)/t12?,14-/m1/s1. The van der Waals surface area contributed by atoms with Gasteiger partial charge in [0.05, 0.1) is 18.0 Å². The third-order valence-corrected chi connectivity index (χ3v) is 5.60. The lowest BCUT2D eigenvalue weighted by Gasteiger charge is -2.21. The first-order valence-corrected chi connectivity index (χ1v) is 9.51. The van der Waals surface area contributed by atoms with Crippen molar-refractivity contribution >= 4 is 16.9 Å². The maximum Gasteiger partial charge on any atom is 0.220 e. The zero-order valence-corrected chi connectivity index (χ0v) is 15.6. The highest BCUT2D eigenvalue weighted by Crippen LogP contribution is 2.41. The van der Waals surface area contributed by atoms with Gasteiger partial charge in [0.1, 0.15) is 17.4 Å². The van der Waals surface area contributed by atoms with Crippen LogP contribution in [-0.4, -0.2) is 37.9 Å². The number of aromatic nitrogens is 4. The highest BCUT2D eigenvalue weighted by atomic mass is 16.5. The molecule has 1 N–H and O–H groups in total. The lowest BCUT2D eigenvalue weighted by atomic mass is 10.0. The zero-order valence-electron chi connectivity index (χ0n) is 15.6. The van der Waals surface area contributed by atoms with Crippen LogP contribution in [0.5, 0.6) is 5.75 Å². The van der Waals surface area contributed by atoms with E-state index in [0.717, 1.165) is 27.9 Å². The van der Waals surface area contributed by atoms with Crippen LogP contribution in [0.15, 0.2) is 30.9 Å². The lowest BCUT2D eigenvalue weighted by molar-refractivity contribution is -0.119. The van der Waals surface area contributed by atoms with E-state index in [2.05, 4.69) is 32.1 Å². The van der Waals surface area contributed by atoms with Crippen molar-refractivity contribution in [2.24, 2.45) is 13.0 Å². The summed E-state index contributed by atoms with van der Waals surface area (Å²) in [5.74, 6) is 1.13. The predicted molar refractivity (Wildman–Crippen MR) is 101 cm³/mol. The monoisotopic (exact) mass is 365 g/mol. The fourth-order valence-electron chi connectivity index (χ4n) is 3.85. The minimum atomic E-state index is -0.0566. The number of aryl methyl sites for hydroxylation is 1. The van der Waals surface area contributed by atoms with E-state index >= 15 is 0 Å². The molecule has 1 unspecified atom stereocenters. The normalized spacial score (nSPS) is 20.8. The smallest absolute Gasteiger partial charge is 0.220 e. The average Bonchev–Trinajstić information content (AvgIpc) is 3.04. The Kier molecular flexibility index (Phi) is 3.70. The summed E-state index contributed by atoms with van der Waals surface area (Å²) < 4.78 is 10.5. The number of imidazole rings is 1. The van der Waals surface area contributed by atoms with Crippen molar-refractivity contribution in [2.75, 3.05) is 6.54 Å². The Balaban J connectivity index is 1.56. The van der Waals surface area contributed by atoms with Gasteiger partial charge in [-0.15, -0.1) is 0 Å². The quantitative estimate of drug-likeness (QED) is 0.754. The Bertz CT molecular complexity index is 1020. The van der Waals surface area contributed by atoms with Gasteiger partial charge in [0.2, 0.25) is 5.91 Å². The van der Waals surface area contributed by atoms with Gasteiger partial charge >= 0.3 is 0 Å². The topological polar surface area (TPSA) is 74.0 Å². The Labute approximate surface area is 157 Å². The number of nitrogens with zero attached hydrogens (tertiary/aromatic N) is 4. The molecule has 2 fully saturated rings. The summed E-state index contributed by atoms with van der Waals surface area (Å²) in [4.78, 5) is 16.2. The number of fused-ring (bicyclic) bond motifs is 1. The van der Waals surface area contributed by atoms with Crippen molar-refractivity contribution in [2.45, 2.75) is 38.3 Å². The molecule has 1 amide bonds. The van der Waals surface area contributed by atoms with Crippen LogP contribution >= 0.6 is 0 Å². The Morgan fingerprint density at radius 1 is 1.30 bits per heavy atom. The van der Waals surface area contributed by atoms with E-state index in [1.54, 1.807) is 4.68 Å². The molecule has 27 heavy (non-hydrogen) atoms. The molecule has 7 heteroatoms. The molecule has 2 aromatic heterocycles. The molecule has 1 aliphatic heterocycles. The molecule has 1 saturated heterocycles. The number of carbonyl (C=O) groups is 1. The Morgan fingerprint density at radius 3 is 2.81 bits per heavy atom. The van der Waals surface area contributed by atoms with Crippen LogP contribution in [0.3, 0.4) is 0 Å². The first-order chi connectivity index (χ1) is 13.1. The third-order valence-electron chi connectivity index (χ3n) is 5.60. The van der Waals surface area contributed by atoms with Gasteiger partial charge in [-0.1, -0.05) is 0 Å². The summed E-state index contributed by atoms with van der Waals surface area (Å²) in [6, 6.07) is 4.70. The molecule has 2 aliphatic rings. The van der Waals surface area contributed by atoms with E-state index in [4.69, 9.17) is 4.74 Å². The van der Waals surface area contributed by atoms with E-state index in [9.17, 15) is 4.79 Å². The first-order valence-electron chi connectivity index (χ1n) is 9.51. The molecule has 3 heterocycles. The van der Waals surface area contributed by atoms with Crippen LogP contribution in [0.1, 0.15) is 32.2 Å². The lowest BCUT2D eigenvalue weighted by Crippen LogP contribution is -2.25. The second kappa shape index (κ2) is 6.11. The van der Waals surface area contributed by atoms with E-state index in [-0.39, 0.29) is 17.9 Å². The van der Waals surface area contributed by atoms with Crippen LogP contribution in [0, 0.1) is 5.92 Å². The molecule has 3 aromatic rings. The van der Waals surface area contributed by atoms with E-state index in [1.165, 1.54) is 12.8 Å². The molecule has 7 nitrogen and oxygen atoms in total. The van der Waals surface area contributed by atoms with Gasteiger partial charge in [-0.25, -0.2) is 4.98 Å². The number of hydrogen-bond donors (Lipinski definition) is 1. The second-order valence-electron chi connectivity index (χ2n) is 7.72. The summed E-state index contributed by atoms with van der Waals surface area (Å²) in [5, 5.41) is 7.18. The molecule has 0 spiro atoms. The van der Waals surface area contributed by atoms with E-state index in [1.807, 2.05) is 32.7 Å². The van der Waals surface area contributed by atoms with Gasteiger partial charge in [0.15, 0.2) is 0 Å². The van der Waals surface area contributed by atoms with Gasteiger partial charge in [-0.05, 0) is 37.5 Å². The second-order valence-corrected chi connectivity index (χ2v) is 7.72. The van der Waals surface area contributed by atoms with Crippen LogP contribution < -0.4 is 10.1 Å². The summed E-state index contributed by atoms with van der Waals surface area (Å²) in [6.45, 7) is 2.72. The SMILES string of the molecule is CC(Oc1cc(-c2cnn(C)c2)cc2ncn(C3CC3)c12)[C@H]1CNC(=O)C1. The molecule has 1 aromatic carbocycles. The molecular formula is C20H23N5O2. The highest BCUT2D eigenvalue weighted by Gasteiger charge is 2.30. The number of benzene rings is 1. The van der Waals surface area contributed by atoms with Crippen molar-refractivity contribution in [3.8, 4) is 16.9 Å². The molecule has 1 aliphatic carbocycles. The minimum absolute atomic E-state index is 0.0566. The zero-order chi connectivity index (χ0) is 18.5. The summed E-state index contributed by atoms with van der Waals surface area (Å²) in [5.41, 5.74) is 4.07. The van der Waals surface area contributed by atoms with Crippen LogP contribution in [0.25, 0.3) is 22.2 Å². The molecular weight excluding hydrogens is 342 g/mol. The number of ether oxygens (including phenoxy) is 1. The van der Waals surface area contributed by atoms with Gasteiger partial charge < -0.3 is 14.6 Å². The fourth-order valence-corrected chi connectivity index (χ4v) is 3.85. The molecule has 5 rings (SSSR count). The van der Waals surface area contributed by atoms with Gasteiger partial charge in [0.25, 0.3) is 0 Å². The third kappa shape index (κ3) is 2.97. The molecule has 140 valence electrons. The maximum absolute atomic E-state index is 11.6. The van der Waals surface area contributed by atoms with Gasteiger partial charge in [0, 0.05) is 43.7 Å². The van der Waals surface area contributed by atoms with Crippen LogP contribution in [-0.2, 0) is 11.8 Å². The number of nitrogens with one attached hydrogen (secondary N) is 1. The minimum Gasteiger partial charge on any atom is -0.488 e. The Hall–Kier alpha value is -2.83. The summed E-state index contributed by atoms with van der Waals surface area (Å²) >= 11 is 0. The van der Waals surface area contributed by atoms with Crippen molar-refractivity contribution in [1.82, 2.24) is 24.6 Å². The van der Waals surface area contributed by atoms with Crippen molar-refractivity contribution < 1.29 is 9.53 Å². The van der Waals surface area contributed by atoms with Crippen LogP contribution in [0.4, 0.5) is 0 Å². The highest BCUT2D eigenvalue weighted by molar-refractivity contribution is 5.88. The number of amides is 1.